The zero-order chi connectivity index (χ0) is 33.7. The summed E-state index contributed by atoms with van der Waals surface area (Å²) in [6.07, 6.45) is 0. The largest absolute Gasteiger partial charge is 0.311 e. The smallest absolute Gasteiger partial charge is 0.0462 e. The lowest BCUT2D eigenvalue weighted by atomic mass is 9.81. The molecule has 0 fully saturated rings. The Kier molecular flexibility index (Phi) is 7.21. The van der Waals surface area contributed by atoms with E-state index in [1.54, 1.807) is 0 Å². The maximum absolute atomic E-state index is 2.42. The summed E-state index contributed by atoms with van der Waals surface area (Å²) in [5.74, 6) is 0. The van der Waals surface area contributed by atoms with Gasteiger partial charge in [0, 0.05) is 22.5 Å². The average molecular weight is 640 g/mol. The molecule has 1 aliphatic rings. The standard InChI is InChI=1S/C49H37N/c1-49(2)46-31-25-37-14-9-10-19-44(37)48(46)45-30-24-40(33-47(45)49)39-16-11-15-38(32-39)36-22-28-43(29-23-36)50(41-17-7-4-8-18-41)42-26-20-35(21-27-42)34-12-5-3-6-13-34/h3-33H,1-2H3. The molecule has 0 radical (unpaired) electrons. The van der Waals surface area contributed by atoms with Crippen LogP contribution in [0.2, 0.25) is 0 Å². The molecule has 1 heteroatoms. The van der Waals surface area contributed by atoms with Gasteiger partial charge in [-0.3, -0.25) is 0 Å². The van der Waals surface area contributed by atoms with Crippen molar-refractivity contribution in [1.82, 2.24) is 0 Å². The quantitative estimate of drug-likeness (QED) is 0.175. The molecule has 0 bridgehead atoms. The van der Waals surface area contributed by atoms with Crippen molar-refractivity contribution in [2.45, 2.75) is 19.3 Å². The minimum Gasteiger partial charge on any atom is -0.311 e. The van der Waals surface area contributed by atoms with Gasteiger partial charge in [0.05, 0.1) is 0 Å². The highest BCUT2D eigenvalue weighted by atomic mass is 15.1. The Labute approximate surface area is 294 Å². The first kappa shape index (κ1) is 29.9. The topological polar surface area (TPSA) is 3.24 Å². The number of anilines is 3. The van der Waals surface area contributed by atoms with Gasteiger partial charge in [0.25, 0.3) is 0 Å². The van der Waals surface area contributed by atoms with Gasteiger partial charge in [0.1, 0.15) is 0 Å². The number of para-hydroxylation sites is 1. The Morgan fingerprint density at radius 3 is 1.56 bits per heavy atom. The van der Waals surface area contributed by atoms with Crippen LogP contribution in [0.3, 0.4) is 0 Å². The summed E-state index contributed by atoms with van der Waals surface area (Å²) in [7, 11) is 0. The fraction of sp³-hybridized carbons (Fsp3) is 0.0612. The van der Waals surface area contributed by atoms with Gasteiger partial charge in [-0.25, -0.2) is 0 Å². The predicted octanol–water partition coefficient (Wildman–Crippen LogP) is 13.6. The van der Waals surface area contributed by atoms with Gasteiger partial charge >= 0.3 is 0 Å². The van der Waals surface area contributed by atoms with Crippen LogP contribution in [0.15, 0.2) is 188 Å². The molecular formula is C49H37N. The van der Waals surface area contributed by atoms with Gasteiger partial charge in [-0.15, -0.1) is 0 Å². The first-order valence-electron chi connectivity index (χ1n) is 17.4. The molecular weight excluding hydrogens is 603 g/mol. The number of hydrogen-bond donors (Lipinski definition) is 0. The number of hydrogen-bond acceptors (Lipinski definition) is 1. The zero-order valence-electron chi connectivity index (χ0n) is 28.3. The van der Waals surface area contributed by atoms with E-state index in [2.05, 4.69) is 207 Å². The molecule has 0 unspecified atom stereocenters. The van der Waals surface area contributed by atoms with E-state index in [1.165, 1.54) is 66.4 Å². The summed E-state index contributed by atoms with van der Waals surface area (Å²) < 4.78 is 0. The highest BCUT2D eigenvalue weighted by Crippen LogP contribution is 2.52. The first-order chi connectivity index (χ1) is 24.5. The molecule has 8 aromatic rings. The van der Waals surface area contributed by atoms with Crippen LogP contribution in [0.25, 0.3) is 55.3 Å². The van der Waals surface area contributed by atoms with E-state index < -0.39 is 0 Å². The lowest BCUT2D eigenvalue weighted by molar-refractivity contribution is 0.661. The molecule has 0 saturated heterocycles. The van der Waals surface area contributed by atoms with Gasteiger partial charge in [0.2, 0.25) is 0 Å². The molecule has 0 heterocycles. The SMILES string of the molecule is CC1(C)c2cc(-c3cccc(-c4ccc(N(c5ccccc5)c5ccc(-c6ccccc6)cc5)cc4)c3)ccc2-c2c1ccc1ccccc21. The molecule has 1 aliphatic carbocycles. The summed E-state index contributed by atoms with van der Waals surface area (Å²) in [5.41, 5.74) is 16.2. The molecule has 50 heavy (non-hydrogen) atoms. The van der Waals surface area contributed by atoms with Crippen molar-refractivity contribution in [2.75, 3.05) is 4.90 Å². The third-order valence-corrected chi connectivity index (χ3v) is 10.5. The Hall–Kier alpha value is -6.18. The van der Waals surface area contributed by atoms with Gasteiger partial charge in [0.15, 0.2) is 0 Å². The highest BCUT2D eigenvalue weighted by Gasteiger charge is 2.36. The van der Waals surface area contributed by atoms with E-state index in [4.69, 9.17) is 0 Å². The molecule has 0 atom stereocenters. The summed E-state index contributed by atoms with van der Waals surface area (Å²) in [5, 5.41) is 2.63. The van der Waals surface area contributed by atoms with Crippen molar-refractivity contribution in [3.8, 4) is 44.5 Å². The lowest BCUT2D eigenvalue weighted by Crippen LogP contribution is -2.15. The molecule has 0 saturated carbocycles. The summed E-state index contributed by atoms with van der Waals surface area (Å²) in [6.45, 7) is 4.73. The van der Waals surface area contributed by atoms with Crippen molar-refractivity contribution in [3.05, 3.63) is 199 Å². The zero-order valence-corrected chi connectivity index (χ0v) is 28.3. The van der Waals surface area contributed by atoms with Crippen molar-refractivity contribution in [2.24, 2.45) is 0 Å². The first-order valence-corrected chi connectivity index (χ1v) is 17.4. The van der Waals surface area contributed by atoms with E-state index in [1.807, 2.05) is 0 Å². The van der Waals surface area contributed by atoms with Crippen LogP contribution in [0.1, 0.15) is 25.0 Å². The second-order valence-corrected chi connectivity index (χ2v) is 13.8. The number of benzene rings is 8. The second kappa shape index (κ2) is 12.1. The average Bonchev–Trinajstić information content (AvgIpc) is 3.42. The molecule has 1 nitrogen and oxygen atoms in total. The molecule has 0 amide bonds. The van der Waals surface area contributed by atoms with Crippen molar-refractivity contribution in [1.29, 1.82) is 0 Å². The van der Waals surface area contributed by atoms with Gasteiger partial charge in [-0.2, -0.15) is 0 Å². The number of nitrogens with zero attached hydrogens (tertiary/aromatic N) is 1. The van der Waals surface area contributed by atoms with Crippen LogP contribution in [0, 0.1) is 0 Å². The van der Waals surface area contributed by atoms with Gasteiger partial charge < -0.3 is 4.90 Å². The molecule has 0 aromatic heterocycles. The molecule has 0 spiro atoms. The fourth-order valence-electron chi connectivity index (χ4n) is 7.83. The van der Waals surface area contributed by atoms with E-state index in [0.717, 1.165) is 17.1 Å². The summed E-state index contributed by atoms with van der Waals surface area (Å²) in [4.78, 5) is 2.32. The van der Waals surface area contributed by atoms with Crippen LogP contribution >= 0.6 is 0 Å². The summed E-state index contributed by atoms with van der Waals surface area (Å²) in [6, 6.07) is 68.4. The van der Waals surface area contributed by atoms with E-state index in [-0.39, 0.29) is 5.41 Å². The third kappa shape index (κ3) is 5.11. The van der Waals surface area contributed by atoms with Crippen LogP contribution < -0.4 is 4.90 Å². The summed E-state index contributed by atoms with van der Waals surface area (Å²) >= 11 is 0. The Morgan fingerprint density at radius 1 is 0.360 bits per heavy atom. The predicted molar refractivity (Wildman–Crippen MR) is 213 cm³/mol. The highest BCUT2D eigenvalue weighted by molar-refractivity contribution is 6.02. The van der Waals surface area contributed by atoms with Crippen LogP contribution in [-0.2, 0) is 5.41 Å². The molecule has 238 valence electrons. The minimum atomic E-state index is -0.0648. The van der Waals surface area contributed by atoms with Gasteiger partial charge in [-0.1, -0.05) is 153 Å². The van der Waals surface area contributed by atoms with Crippen molar-refractivity contribution in [3.63, 3.8) is 0 Å². The normalized spacial score (nSPS) is 12.8. The van der Waals surface area contributed by atoms with Crippen LogP contribution in [0.4, 0.5) is 17.1 Å². The van der Waals surface area contributed by atoms with E-state index in [9.17, 15) is 0 Å². The van der Waals surface area contributed by atoms with Crippen molar-refractivity contribution >= 4 is 27.8 Å². The van der Waals surface area contributed by atoms with E-state index in [0.29, 0.717) is 0 Å². The Morgan fingerprint density at radius 2 is 0.860 bits per heavy atom. The Bertz CT molecular complexity index is 2470. The Balaban J connectivity index is 1.04. The molecule has 9 rings (SSSR count). The van der Waals surface area contributed by atoms with E-state index >= 15 is 0 Å². The van der Waals surface area contributed by atoms with Crippen molar-refractivity contribution < 1.29 is 0 Å². The van der Waals surface area contributed by atoms with Crippen LogP contribution in [-0.4, -0.2) is 0 Å². The fourth-order valence-corrected chi connectivity index (χ4v) is 7.83. The number of rotatable bonds is 6. The number of fused-ring (bicyclic) bond motifs is 5. The second-order valence-electron chi connectivity index (χ2n) is 13.8. The lowest BCUT2D eigenvalue weighted by Gasteiger charge is -2.26. The van der Waals surface area contributed by atoms with Gasteiger partial charge in [-0.05, 0) is 115 Å². The van der Waals surface area contributed by atoms with Crippen LogP contribution in [0.5, 0.6) is 0 Å². The maximum atomic E-state index is 2.42. The maximum Gasteiger partial charge on any atom is 0.0462 e. The molecule has 8 aromatic carbocycles. The monoisotopic (exact) mass is 639 g/mol. The molecule has 0 N–H and O–H groups in total. The minimum absolute atomic E-state index is 0.0648. The third-order valence-electron chi connectivity index (χ3n) is 10.5. The molecule has 0 aliphatic heterocycles.